The first-order valence-electron chi connectivity index (χ1n) is 7.83. The Morgan fingerprint density at radius 3 is 2.48 bits per heavy atom. The second-order valence-electron chi connectivity index (χ2n) is 5.68. The van der Waals surface area contributed by atoms with Crippen LogP contribution in [0.3, 0.4) is 0 Å². The number of rotatable bonds is 9. The fraction of sp³-hybridized carbons (Fsp3) is 0.647. The zero-order valence-electron chi connectivity index (χ0n) is 13.0. The van der Waals surface area contributed by atoms with Crippen LogP contribution in [0, 0.1) is 0 Å². The number of unbranched alkanes of at least 4 members (excludes halogenated alkanes) is 4. The van der Waals surface area contributed by atoms with Crippen molar-refractivity contribution in [3.63, 3.8) is 0 Å². The van der Waals surface area contributed by atoms with Gasteiger partial charge in [0.15, 0.2) is 0 Å². The maximum absolute atomic E-state index is 12.6. The molecule has 0 saturated heterocycles. The van der Waals surface area contributed by atoms with Crippen molar-refractivity contribution in [3.05, 3.63) is 35.4 Å². The molecule has 1 N–H and O–H groups in total. The molecule has 21 heavy (non-hydrogen) atoms. The number of nitrogens with one attached hydrogen (secondary N) is 1. The van der Waals surface area contributed by atoms with Crippen LogP contribution in [-0.2, 0) is 12.7 Å². The van der Waals surface area contributed by atoms with Crippen molar-refractivity contribution in [1.29, 1.82) is 0 Å². The maximum Gasteiger partial charge on any atom is 0.416 e. The minimum absolute atomic E-state index is 0.334. The van der Waals surface area contributed by atoms with Crippen molar-refractivity contribution in [2.24, 2.45) is 0 Å². The molecule has 1 aromatic carbocycles. The van der Waals surface area contributed by atoms with E-state index in [1.165, 1.54) is 44.2 Å². The van der Waals surface area contributed by atoms with E-state index in [1.54, 1.807) is 6.07 Å². The van der Waals surface area contributed by atoms with Crippen LogP contribution in [0.4, 0.5) is 13.2 Å². The molecule has 0 radical (unpaired) electrons. The minimum Gasteiger partial charge on any atom is -0.310 e. The van der Waals surface area contributed by atoms with Crippen LogP contribution in [0.15, 0.2) is 24.3 Å². The highest BCUT2D eigenvalue weighted by Gasteiger charge is 2.30. The fourth-order valence-electron chi connectivity index (χ4n) is 2.31. The van der Waals surface area contributed by atoms with Gasteiger partial charge >= 0.3 is 6.18 Å². The normalized spacial score (nSPS) is 13.4. The van der Waals surface area contributed by atoms with E-state index in [0.717, 1.165) is 12.5 Å². The molecule has 4 heteroatoms. The first kappa shape index (κ1) is 18.0. The summed E-state index contributed by atoms with van der Waals surface area (Å²) in [5.41, 5.74) is 0.108. The van der Waals surface area contributed by atoms with Crippen LogP contribution in [0.5, 0.6) is 0 Å². The van der Waals surface area contributed by atoms with Crippen LogP contribution >= 0.6 is 0 Å². The Bertz CT molecular complexity index is 401. The van der Waals surface area contributed by atoms with Crippen LogP contribution in [0.2, 0.25) is 0 Å². The molecule has 0 bridgehead atoms. The predicted molar refractivity (Wildman–Crippen MR) is 81.1 cm³/mol. The molecule has 0 fully saturated rings. The van der Waals surface area contributed by atoms with E-state index >= 15 is 0 Å². The van der Waals surface area contributed by atoms with E-state index in [0.29, 0.717) is 18.2 Å². The Labute approximate surface area is 125 Å². The molecule has 0 aliphatic heterocycles. The molecule has 1 aromatic rings. The van der Waals surface area contributed by atoms with Crippen molar-refractivity contribution in [2.75, 3.05) is 0 Å². The lowest BCUT2D eigenvalue weighted by molar-refractivity contribution is -0.137. The standard InChI is InChI=1S/C17H26F3N/c1-3-4-5-6-7-9-14(2)21-13-15-10-8-11-16(12-15)17(18,19)20/h8,10-12,14,21H,3-7,9,13H2,1-2H3. The summed E-state index contributed by atoms with van der Waals surface area (Å²) in [5, 5.41) is 3.30. The second-order valence-corrected chi connectivity index (χ2v) is 5.68. The largest absolute Gasteiger partial charge is 0.416 e. The van der Waals surface area contributed by atoms with E-state index in [-0.39, 0.29) is 0 Å². The smallest absolute Gasteiger partial charge is 0.310 e. The topological polar surface area (TPSA) is 12.0 Å². The van der Waals surface area contributed by atoms with Crippen molar-refractivity contribution in [1.82, 2.24) is 5.32 Å². The van der Waals surface area contributed by atoms with Gasteiger partial charge in [-0.25, -0.2) is 0 Å². The molecule has 0 heterocycles. The summed E-state index contributed by atoms with van der Waals surface area (Å²) in [7, 11) is 0. The van der Waals surface area contributed by atoms with Crippen LogP contribution in [0.25, 0.3) is 0 Å². The fourth-order valence-corrected chi connectivity index (χ4v) is 2.31. The monoisotopic (exact) mass is 301 g/mol. The van der Waals surface area contributed by atoms with E-state index in [4.69, 9.17) is 0 Å². The number of halogens is 3. The van der Waals surface area contributed by atoms with Gasteiger partial charge in [-0.2, -0.15) is 13.2 Å². The van der Waals surface area contributed by atoms with Gasteiger partial charge in [0.1, 0.15) is 0 Å². The van der Waals surface area contributed by atoms with Gasteiger partial charge in [-0.15, -0.1) is 0 Å². The quantitative estimate of drug-likeness (QED) is 0.590. The summed E-state index contributed by atoms with van der Waals surface area (Å²) in [6.07, 6.45) is 3.02. The summed E-state index contributed by atoms with van der Waals surface area (Å²) >= 11 is 0. The number of hydrogen-bond acceptors (Lipinski definition) is 1. The lowest BCUT2D eigenvalue weighted by Gasteiger charge is -2.14. The van der Waals surface area contributed by atoms with Gasteiger partial charge < -0.3 is 5.32 Å². The Kier molecular flexibility index (Phi) is 7.79. The van der Waals surface area contributed by atoms with Crippen LogP contribution < -0.4 is 5.32 Å². The molecule has 1 rings (SSSR count). The lowest BCUT2D eigenvalue weighted by Crippen LogP contribution is -2.25. The minimum atomic E-state index is -4.26. The number of benzene rings is 1. The molecule has 0 amide bonds. The molecule has 1 nitrogen and oxygen atoms in total. The van der Waals surface area contributed by atoms with E-state index in [1.807, 2.05) is 0 Å². The molecule has 120 valence electrons. The molecule has 1 atom stereocenters. The molecule has 0 aliphatic carbocycles. The molecule has 0 aromatic heterocycles. The maximum atomic E-state index is 12.6. The summed E-state index contributed by atoms with van der Waals surface area (Å²) in [6, 6.07) is 5.87. The Hall–Kier alpha value is -1.03. The summed E-state index contributed by atoms with van der Waals surface area (Å²) in [4.78, 5) is 0. The number of hydrogen-bond donors (Lipinski definition) is 1. The van der Waals surface area contributed by atoms with Gasteiger partial charge in [0.05, 0.1) is 5.56 Å². The van der Waals surface area contributed by atoms with Gasteiger partial charge in [-0.1, -0.05) is 57.2 Å². The third-order valence-corrected chi connectivity index (χ3v) is 3.65. The predicted octanol–water partition coefficient (Wildman–Crippen LogP) is 5.54. The molecule has 1 unspecified atom stereocenters. The molecular formula is C17H26F3N. The SMILES string of the molecule is CCCCCCCC(C)NCc1cccc(C(F)(F)F)c1. The molecular weight excluding hydrogens is 275 g/mol. The van der Waals surface area contributed by atoms with Crippen molar-refractivity contribution in [3.8, 4) is 0 Å². The van der Waals surface area contributed by atoms with Gasteiger partial charge in [-0.05, 0) is 25.0 Å². The molecule has 0 aliphatic rings. The third kappa shape index (κ3) is 7.51. The van der Waals surface area contributed by atoms with E-state index in [2.05, 4.69) is 19.2 Å². The average molecular weight is 301 g/mol. The van der Waals surface area contributed by atoms with Crippen molar-refractivity contribution >= 4 is 0 Å². The summed E-state index contributed by atoms with van der Waals surface area (Å²) < 4.78 is 37.8. The highest BCUT2D eigenvalue weighted by molar-refractivity contribution is 5.25. The Morgan fingerprint density at radius 2 is 1.81 bits per heavy atom. The second kappa shape index (κ2) is 9.08. The Morgan fingerprint density at radius 1 is 1.10 bits per heavy atom. The zero-order valence-corrected chi connectivity index (χ0v) is 13.0. The van der Waals surface area contributed by atoms with Gasteiger partial charge in [-0.3, -0.25) is 0 Å². The van der Waals surface area contributed by atoms with Gasteiger partial charge in [0, 0.05) is 12.6 Å². The summed E-state index contributed by atoms with van der Waals surface area (Å²) in [5.74, 6) is 0. The zero-order chi connectivity index (χ0) is 15.7. The average Bonchev–Trinajstić information content (AvgIpc) is 2.44. The Balaban J connectivity index is 2.31. The first-order valence-corrected chi connectivity index (χ1v) is 7.83. The van der Waals surface area contributed by atoms with E-state index < -0.39 is 11.7 Å². The highest BCUT2D eigenvalue weighted by atomic mass is 19.4. The molecule has 0 spiro atoms. The van der Waals surface area contributed by atoms with Gasteiger partial charge in [0.2, 0.25) is 0 Å². The number of alkyl halides is 3. The molecule has 0 saturated carbocycles. The lowest BCUT2D eigenvalue weighted by atomic mass is 10.1. The van der Waals surface area contributed by atoms with Crippen LogP contribution in [-0.4, -0.2) is 6.04 Å². The third-order valence-electron chi connectivity index (χ3n) is 3.65. The van der Waals surface area contributed by atoms with Gasteiger partial charge in [0.25, 0.3) is 0 Å². The van der Waals surface area contributed by atoms with Crippen molar-refractivity contribution < 1.29 is 13.2 Å². The first-order chi connectivity index (χ1) is 9.93. The van der Waals surface area contributed by atoms with Crippen molar-refractivity contribution in [2.45, 2.75) is 71.1 Å². The van der Waals surface area contributed by atoms with Crippen LogP contribution in [0.1, 0.15) is 63.5 Å². The highest BCUT2D eigenvalue weighted by Crippen LogP contribution is 2.29. The summed E-state index contributed by atoms with van der Waals surface area (Å²) in [6.45, 7) is 4.77. The van der Waals surface area contributed by atoms with E-state index in [9.17, 15) is 13.2 Å².